The lowest BCUT2D eigenvalue weighted by Gasteiger charge is -2.14. The van der Waals surface area contributed by atoms with E-state index in [1.54, 1.807) is 0 Å². The molecule has 11 rings (SSSR count). The van der Waals surface area contributed by atoms with Crippen molar-refractivity contribution in [3.63, 3.8) is 0 Å². The third kappa shape index (κ3) is 5.49. The summed E-state index contributed by atoms with van der Waals surface area (Å²) in [5.41, 5.74) is 7.57. The van der Waals surface area contributed by atoms with Crippen LogP contribution < -0.4 is 0 Å². The number of hydrogen-bond acceptors (Lipinski definition) is 3. The Labute approximate surface area is 324 Å². The maximum absolute atomic E-state index is 5.33. The predicted molar refractivity (Wildman–Crippen MR) is 235 cm³/mol. The smallest absolute Gasteiger partial charge is 0.164 e. The monoisotopic (exact) mass is 711 g/mol. The standard InChI is InChI=1S/C53H33N3/c1-2-12-34(13-3-1)38-26-27-41-31-39(28-29-40(41)30-38)37-17-10-18-43(32-37)51-54-52(48-23-11-16-36-25-24-35-14-4-7-20-45(35)50(36)48)56-53(55-51)49-33-42-15-5-6-19-44(42)46-21-8-9-22-47(46)49/h1-33H. The van der Waals surface area contributed by atoms with E-state index in [1.165, 1.54) is 43.4 Å². The van der Waals surface area contributed by atoms with Crippen molar-refractivity contribution >= 4 is 53.9 Å². The van der Waals surface area contributed by atoms with Gasteiger partial charge >= 0.3 is 0 Å². The minimum atomic E-state index is 0.634. The second-order valence-electron chi connectivity index (χ2n) is 14.4. The van der Waals surface area contributed by atoms with Crippen molar-refractivity contribution in [1.29, 1.82) is 0 Å². The molecule has 1 aromatic heterocycles. The molecular formula is C53H33N3. The molecule has 10 aromatic carbocycles. The Bertz CT molecular complexity index is 3290. The lowest BCUT2D eigenvalue weighted by atomic mass is 9.96. The zero-order chi connectivity index (χ0) is 37.0. The first-order valence-electron chi connectivity index (χ1n) is 19.0. The van der Waals surface area contributed by atoms with Crippen molar-refractivity contribution in [2.24, 2.45) is 0 Å². The molecule has 0 fully saturated rings. The van der Waals surface area contributed by atoms with Crippen LogP contribution in [-0.4, -0.2) is 15.0 Å². The second kappa shape index (κ2) is 13.1. The molecule has 0 amide bonds. The summed E-state index contributed by atoms with van der Waals surface area (Å²) in [7, 11) is 0. The molecule has 1 heterocycles. The average molecular weight is 712 g/mol. The normalized spacial score (nSPS) is 11.6. The Morgan fingerprint density at radius 2 is 0.750 bits per heavy atom. The largest absolute Gasteiger partial charge is 0.208 e. The van der Waals surface area contributed by atoms with Gasteiger partial charge in [0.1, 0.15) is 0 Å². The van der Waals surface area contributed by atoms with Crippen LogP contribution in [0.4, 0.5) is 0 Å². The van der Waals surface area contributed by atoms with Crippen molar-refractivity contribution in [3.05, 3.63) is 200 Å². The van der Waals surface area contributed by atoms with Gasteiger partial charge in [0, 0.05) is 22.1 Å². The number of benzene rings is 10. The van der Waals surface area contributed by atoms with Crippen LogP contribution in [0.15, 0.2) is 200 Å². The minimum absolute atomic E-state index is 0.634. The van der Waals surface area contributed by atoms with Crippen LogP contribution in [0.25, 0.3) is 110 Å². The van der Waals surface area contributed by atoms with E-state index in [0.717, 1.165) is 49.4 Å². The lowest BCUT2D eigenvalue weighted by Crippen LogP contribution is -2.01. The highest BCUT2D eigenvalue weighted by Crippen LogP contribution is 2.38. The van der Waals surface area contributed by atoms with Crippen molar-refractivity contribution in [3.8, 4) is 56.4 Å². The third-order valence-electron chi connectivity index (χ3n) is 11.1. The van der Waals surface area contributed by atoms with Gasteiger partial charge in [-0.2, -0.15) is 0 Å². The topological polar surface area (TPSA) is 38.7 Å². The van der Waals surface area contributed by atoms with Gasteiger partial charge in [0.15, 0.2) is 17.5 Å². The molecule has 56 heavy (non-hydrogen) atoms. The van der Waals surface area contributed by atoms with Crippen molar-refractivity contribution in [2.75, 3.05) is 0 Å². The molecule has 3 nitrogen and oxygen atoms in total. The van der Waals surface area contributed by atoms with E-state index in [4.69, 9.17) is 15.0 Å². The maximum Gasteiger partial charge on any atom is 0.164 e. The number of nitrogens with zero attached hydrogens (tertiary/aromatic N) is 3. The summed E-state index contributed by atoms with van der Waals surface area (Å²) in [4.78, 5) is 15.9. The molecule has 0 spiro atoms. The van der Waals surface area contributed by atoms with Crippen molar-refractivity contribution < 1.29 is 0 Å². The molecule has 0 saturated carbocycles. The number of fused-ring (bicyclic) bond motifs is 7. The van der Waals surface area contributed by atoms with E-state index in [-0.39, 0.29) is 0 Å². The van der Waals surface area contributed by atoms with Gasteiger partial charge in [0.25, 0.3) is 0 Å². The maximum atomic E-state index is 5.33. The zero-order valence-electron chi connectivity index (χ0n) is 30.4. The van der Waals surface area contributed by atoms with Crippen LogP contribution in [0.3, 0.4) is 0 Å². The van der Waals surface area contributed by atoms with E-state index >= 15 is 0 Å². The molecule has 0 unspecified atom stereocenters. The highest BCUT2D eigenvalue weighted by molar-refractivity contribution is 6.15. The zero-order valence-corrected chi connectivity index (χ0v) is 30.4. The lowest BCUT2D eigenvalue weighted by molar-refractivity contribution is 1.08. The van der Waals surface area contributed by atoms with Gasteiger partial charge in [0.05, 0.1) is 0 Å². The highest BCUT2D eigenvalue weighted by Gasteiger charge is 2.18. The molecule has 260 valence electrons. The predicted octanol–water partition coefficient (Wildman–Crippen LogP) is 14.0. The van der Waals surface area contributed by atoms with E-state index in [2.05, 4.69) is 200 Å². The third-order valence-corrected chi connectivity index (χ3v) is 11.1. The van der Waals surface area contributed by atoms with E-state index < -0.39 is 0 Å². The average Bonchev–Trinajstić information content (AvgIpc) is 3.28. The van der Waals surface area contributed by atoms with Crippen LogP contribution >= 0.6 is 0 Å². The van der Waals surface area contributed by atoms with Crippen LogP contribution in [0.1, 0.15) is 0 Å². The molecule has 0 atom stereocenters. The highest BCUT2D eigenvalue weighted by atomic mass is 15.0. The second-order valence-corrected chi connectivity index (χ2v) is 14.4. The Morgan fingerprint density at radius 3 is 1.55 bits per heavy atom. The van der Waals surface area contributed by atoms with Crippen LogP contribution in [-0.2, 0) is 0 Å². The van der Waals surface area contributed by atoms with Gasteiger partial charge in [-0.3, -0.25) is 0 Å². The molecule has 0 bridgehead atoms. The van der Waals surface area contributed by atoms with E-state index in [9.17, 15) is 0 Å². The Morgan fingerprint density at radius 1 is 0.232 bits per heavy atom. The summed E-state index contributed by atoms with van der Waals surface area (Å²) >= 11 is 0. The first-order chi connectivity index (χ1) is 27.7. The van der Waals surface area contributed by atoms with Gasteiger partial charge in [-0.15, -0.1) is 0 Å². The van der Waals surface area contributed by atoms with Gasteiger partial charge < -0.3 is 0 Å². The summed E-state index contributed by atoms with van der Waals surface area (Å²) < 4.78 is 0. The molecule has 0 aliphatic heterocycles. The fourth-order valence-corrected chi connectivity index (χ4v) is 8.30. The Hall–Kier alpha value is -7.49. The number of hydrogen-bond donors (Lipinski definition) is 0. The molecule has 0 aliphatic rings. The Balaban J connectivity index is 1.11. The van der Waals surface area contributed by atoms with Gasteiger partial charge in [-0.05, 0) is 95.0 Å². The van der Waals surface area contributed by atoms with Crippen LogP contribution in [0.2, 0.25) is 0 Å². The minimum Gasteiger partial charge on any atom is -0.208 e. The quantitative estimate of drug-likeness (QED) is 0.167. The van der Waals surface area contributed by atoms with E-state index in [0.29, 0.717) is 17.5 Å². The van der Waals surface area contributed by atoms with Crippen molar-refractivity contribution in [2.45, 2.75) is 0 Å². The van der Waals surface area contributed by atoms with Crippen LogP contribution in [0.5, 0.6) is 0 Å². The summed E-state index contributed by atoms with van der Waals surface area (Å²) in [5.74, 6) is 1.93. The molecule has 0 saturated heterocycles. The first-order valence-corrected chi connectivity index (χ1v) is 19.0. The van der Waals surface area contributed by atoms with Gasteiger partial charge in [-0.1, -0.05) is 176 Å². The first kappa shape index (κ1) is 32.0. The molecule has 3 heteroatoms. The number of rotatable bonds is 5. The molecule has 0 aliphatic carbocycles. The molecular weight excluding hydrogens is 679 g/mol. The van der Waals surface area contributed by atoms with Crippen LogP contribution in [0, 0.1) is 0 Å². The van der Waals surface area contributed by atoms with E-state index in [1.807, 2.05) is 0 Å². The summed E-state index contributed by atoms with van der Waals surface area (Å²) in [6, 6.07) is 71.2. The van der Waals surface area contributed by atoms with Gasteiger partial charge in [-0.25, -0.2) is 15.0 Å². The number of aromatic nitrogens is 3. The summed E-state index contributed by atoms with van der Waals surface area (Å²) in [6.45, 7) is 0. The Kier molecular flexibility index (Phi) is 7.49. The summed E-state index contributed by atoms with van der Waals surface area (Å²) in [6.07, 6.45) is 0. The molecule has 0 N–H and O–H groups in total. The summed E-state index contributed by atoms with van der Waals surface area (Å²) in [5, 5.41) is 11.7. The SMILES string of the molecule is c1ccc(-c2ccc3cc(-c4cccc(-c5nc(-c6cc7ccccc7c7ccccc67)nc(-c6cccc7ccc8ccccc8c67)n5)c4)ccc3c2)cc1. The molecule has 11 aromatic rings. The van der Waals surface area contributed by atoms with Gasteiger partial charge in [0.2, 0.25) is 0 Å². The fourth-order valence-electron chi connectivity index (χ4n) is 8.30. The van der Waals surface area contributed by atoms with Crippen molar-refractivity contribution in [1.82, 2.24) is 15.0 Å². The molecule has 0 radical (unpaired) electrons. The fraction of sp³-hybridized carbons (Fsp3) is 0.